The number of amides is 2. The lowest BCUT2D eigenvalue weighted by atomic mass is 10.1. The highest BCUT2D eigenvalue weighted by atomic mass is 32.1. The van der Waals surface area contributed by atoms with E-state index in [-0.39, 0.29) is 17.9 Å². The van der Waals surface area contributed by atoms with Gasteiger partial charge in [-0.05, 0) is 68.6 Å². The normalized spacial score (nSPS) is 16.7. The van der Waals surface area contributed by atoms with Crippen molar-refractivity contribution in [3.05, 3.63) is 70.4 Å². The van der Waals surface area contributed by atoms with Crippen LogP contribution < -0.4 is 11.1 Å². The number of nitrogens with zero attached hydrogens (tertiary/aromatic N) is 2. The molecule has 1 fully saturated rings. The number of anilines is 1. The van der Waals surface area contributed by atoms with Gasteiger partial charge in [0.2, 0.25) is 5.91 Å². The van der Waals surface area contributed by atoms with Gasteiger partial charge in [-0.25, -0.2) is 0 Å². The molecular formula is C23H26N4O2S. The van der Waals surface area contributed by atoms with E-state index in [9.17, 15) is 9.59 Å². The molecule has 3 aromatic rings. The Labute approximate surface area is 180 Å². The van der Waals surface area contributed by atoms with Crippen LogP contribution in [0, 0.1) is 13.8 Å². The fraction of sp³-hybridized carbons (Fsp3) is 0.304. The van der Waals surface area contributed by atoms with Crippen LogP contribution in [0.2, 0.25) is 0 Å². The van der Waals surface area contributed by atoms with Gasteiger partial charge in [-0.3, -0.25) is 14.5 Å². The van der Waals surface area contributed by atoms with Gasteiger partial charge in [0.1, 0.15) is 5.00 Å². The van der Waals surface area contributed by atoms with Gasteiger partial charge in [-0.1, -0.05) is 12.1 Å². The van der Waals surface area contributed by atoms with E-state index in [4.69, 9.17) is 5.73 Å². The van der Waals surface area contributed by atoms with Gasteiger partial charge in [0.15, 0.2) is 0 Å². The third-order valence-electron chi connectivity index (χ3n) is 5.70. The maximum absolute atomic E-state index is 13.2. The van der Waals surface area contributed by atoms with Crippen molar-refractivity contribution in [3.63, 3.8) is 0 Å². The van der Waals surface area contributed by atoms with Crippen molar-refractivity contribution in [1.29, 1.82) is 0 Å². The SMILES string of the molecule is Cc1sc(-n2cccc2)c(C(=O)Nc2cccc(CN3CCCC3C(N)=O)c2)c1C. The lowest BCUT2D eigenvalue weighted by Gasteiger charge is -2.22. The van der Waals surface area contributed by atoms with Crippen LogP contribution in [-0.4, -0.2) is 33.9 Å². The first kappa shape index (κ1) is 20.4. The molecule has 1 unspecified atom stereocenters. The van der Waals surface area contributed by atoms with Crippen molar-refractivity contribution in [2.75, 3.05) is 11.9 Å². The van der Waals surface area contributed by atoms with E-state index in [1.54, 1.807) is 11.3 Å². The van der Waals surface area contributed by atoms with Gasteiger partial charge < -0.3 is 15.6 Å². The van der Waals surface area contributed by atoms with Crippen molar-refractivity contribution in [3.8, 4) is 5.00 Å². The van der Waals surface area contributed by atoms with E-state index in [1.165, 1.54) is 0 Å². The Morgan fingerprint density at radius 2 is 1.97 bits per heavy atom. The summed E-state index contributed by atoms with van der Waals surface area (Å²) >= 11 is 1.62. The predicted molar refractivity (Wildman–Crippen MR) is 120 cm³/mol. The summed E-state index contributed by atoms with van der Waals surface area (Å²) in [5.74, 6) is -0.383. The zero-order valence-corrected chi connectivity index (χ0v) is 18.0. The molecule has 3 N–H and O–H groups in total. The summed E-state index contributed by atoms with van der Waals surface area (Å²) in [5, 5.41) is 3.98. The molecule has 3 heterocycles. The van der Waals surface area contributed by atoms with Crippen molar-refractivity contribution >= 4 is 28.8 Å². The van der Waals surface area contributed by atoms with E-state index in [0.717, 1.165) is 46.1 Å². The quantitative estimate of drug-likeness (QED) is 0.633. The molecule has 0 spiro atoms. The summed E-state index contributed by atoms with van der Waals surface area (Å²) in [4.78, 5) is 28.1. The molecular weight excluding hydrogens is 396 g/mol. The van der Waals surface area contributed by atoms with Crippen LogP contribution in [0.3, 0.4) is 0 Å². The summed E-state index contributed by atoms with van der Waals surface area (Å²) in [6.07, 6.45) is 5.69. The minimum Gasteiger partial charge on any atom is -0.368 e. The third-order valence-corrected chi connectivity index (χ3v) is 6.92. The maximum Gasteiger partial charge on any atom is 0.258 e. The minimum atomic E-state index is -0.266. The van der Waals surface area contributed by atoms with Crippen LogP contribution in [0.15, 0.2) is 48.8 Å². The first-order chi connectivity index (χ1) is 14.4. The maximum atomic E-state index is 13.2. The largest absolute Gasteiger partial charge is 0.368 e. The second kappa shape index (κ2) is 8.45. The molecule has 1 aromatic carbocycles. The molecule has 0 bridgehead atoms. The highest BCUT2D eigenvalue weighted by Gasteiger charge is 2.28. The molecule has 6 nitrogen and oxygen atoms in total. The highest BCUT2D eigenvalue weighted by Crippen LogP contribution is 2.31. The third kappa shape index (κ3) is 4.04. The first-order valence-electron chi connectivity index (χ1n) is 10.1. The summed E-state index contributed by atoms with van der Waals surface area (Å²) in [6.45, 7) is 5.53. The van der Waals surface area contributed by atoms with Gasteiger partial charge in [0, 0.05) is 29.5 Å². The van der Waals surface area contributed by atoms with Gasteiger partial charge in [-0.15, -0.1) is 11.3 Å². The van der Waals surface area contributed by atoms with Crippen molar-refractivity contribution < 1.29 is 9.59 Å². The van der Waals surface area contributed by atoms with Gasteiger partial charge in [0.05, 0.1) is 11.6 Å². The van der Waals surface area contributed by atoms with E-state index in [2.05, 4.69) is 10.2 Å². The molecule has 30 heavy (non-hydrogen) atoms. The van der Waals surface area contributed by atoms with Gasteiger partial charge in [-0.2, -0.15) is 0 Å². The summed E-state index contributed by atoms with van der Waals surface area (Å²) in [6, 6.07) is 11.5. The molecule has 4 rings (SSSR count). The first-order valence-corrected chi connectivity index (χ1v) is 10.9. The number of aryl methyl sites for hydroxylation is 1. The zero-order valence-electron chi connectivity index (χ0n) is 17.2. The number of thiophene rings is 1. The fourth-order valence-electron chi connectivity index (χ4n) is 4.04. The topological polar surface area (TPSA) is 80.4 Å². The molecule has 7 heteroatoms. The van der Waals surface area contributed by atoms with E-state index >= 15 is 0 Å². The van der Waals surface area contributed by atoms with Gasteiger partial charge >= 0.3 is 0 Å². The van der Waals surface area contributed by atoms with E-state index < -0.39 is 0 Å². The molecule has 0 aliphatic carbocycles. The predicted octanol–water partition coefficient (Wildman–Crippen LogP) is 3.86. The van der Waals surface area contributed by atoms with E-state index in [0.29, 0.717) is 12.1 Å². The van der Waals surface area contributed by atoms with E-state index in [1.807, 2.05) is 67.2 Å². The number of benzene rings is 1. The van der Waals surface area contributed by atoms with Crippen LogP contribution in [0.4, 0.5) is 5.69 Å². The Bertz CT molecular complexity index is 1070. The molecule has 156 valence electrons. The van der Waals surface area contributed by atoms with Crippen LogP contribution in [0.1, 0.15) is 39.2 Å². The Hall–Kier alpha value is -2.90. The van der Waals surface area contributed by atoms with Crippen molar-refractivity contribution in [1.82, 2.24) is 9.47 Å². The fourth-order valence-corrected chi connectivity index (χ4v) is 5.16. The number of rotatable bonds is 6. The number of hydrogen-bond acceptors (Lipinski definition) is 4. The molecule has 2 aromatic heterocycles. The Morgan fingerprint density at radius 1 is 1.20 bits per heavy atom. The smallest absolute Gasteiger partial charge is 0.258 e. The average molecular weight is 423 g/mol. The molecule has 1 saturated heterocycles. The molecule has 0 radical (unpaired) electrons. The number of nitrogens with two attached hydrogens (primary N) is 1. The minimum absolute atomic E-state index is 0.117. The van der Waals surface area contributed by atoms with Crippen molar-refractivity contribution in [2.45, 2.75) is 39.3 Å². The van der Waals surface area contributed by atoms with Crippen LogP contribution in [0.5, 0.6) is 0 Å². The number of carbonyl (C=O) groups excluding carboxylic acids is 2. The summed E-state index contributed by atoms with van der Waals surface area (Å²) in [7, 11) is 0. The van der Waals surface area contributed by atoms with Crippen molar-refractivity contribution in [2.24, 2.45) is 5.73 Å². The monoisotopic (exact) mass is 422 g/mol. The molecule has 1 aliphatic rings. The lowest BCUT2D eigenvalue weighted by molar-refractivity contribution is -0.122. The Balaban J connectivity index is 1.54. The number of aromatic nitrogens is 1. The molecule has 2 amide bonds. The summed E-state index contributed by atoms with van der Waals surface area (Å²) < 4.78 is 1.98. The second-order valence-electron chi connectivity index (χ2n) is 7.74. The number of likely N-dealkylation sites (tertiary alicyclic amines) is 1. The lowest BCUT2D eigenvalue weighted by Crippen LogP contribution is -2.39. The van der Waals surface area contributed by atoms with Crippen LogP contribution >= 0.6 is 11.3 Å². The van der Waals surface area contributed by atoms with Crippen LogP contribution in [0.25, 0.3) is 5.00 Å². The van der Waals surface area contributed by atoms with Gasteiger partial charge in [0.25, 0.3) is 5.91 Å². The molecule has 0 saturated carbocycles. The average Bonchev–Trinajstić information content (AvgIpc) is 3.44. The number of hydrogen-bond donors (Lipinski definition) is 2. The molecule has 1 atom stereocenters. The number of nitrogens with one attached hydrogen (secondary N) is 1. The van der Waals surface area contributed by atoms with Crippen LogP contribution in [-0.2, 0) is 11.3 Å². The summed E-state index contributed by atoms with van der Waals surface area (Å²) in [5.41, 5.74) is 9.02. The molecule has 1 aliphatic heterocycles. The zero-order chi connectivity index (χ0) is 21.3. The Kier molecular flexibility index (Phi) is 5.74. The number of primary amides is 1. The Morgan fingerprint density at radius 3 is 2.70 bits per heavy atom. The standard InChI is InChI=1S/C23H26N4O2S/c1-15-16(2)30-23(26-10-3-4-11-26)20(15)22(29)25-18-8-5-7-17(13-18)14-27-12-6-9-19(27)21(24)28/h3-5,7-8,10-11,13,19H,6,9,12,14H2,1-2H3,(H2,24,28)(H,25,29). The second-order valence-corrected chi connectivity index (χ2v) is 8.94. The number of carbonyl (C=O) groups is 2. The highest BCUT2D eigenvalue weighted by molar-refractivity contribution is 7.15.